The number of carbonyl (C=O) groups excluding carboxylic acids is 1. The number of nitrogens with zero attached hydrogens (tertiary/aromatic N) is 1. The van der Waals surface area contributed by atoms with Gasteiger partial charge in [0.15, 0.2) is 0 Å². The van der Waals surface area contributed by atoms with Crippen LogP contribution in [0.4, 0.5) is 5.69 Å². The fourth-order valence-electron chi connectivity index (χ4n) is 2.06. The Labute approximate surface area is 120 Å². The Morgan fingerprint density at radius 3 is 2.95 bits per heavy atom. The number of methoxy groups -OCH3 is 1. The summed E-state index contributed by atoms with van der Waals surface area (Å²) in [5.74, 6) is -0.363. The first-order valence-electron chi connectivity index (χ1n) is 6.36. The molecule has 2 rings (SSSR count). The van der Waals surface area contributed by atoms with Gasteiger partial charge in [0.25, 0.3) is 11.6 Å². The Morgan fingerprint density at radius 1 is 1.62 bits per heavy atom. The molecule has 1 aliphatic rings. The summed E-state index contributed by atoms with van der Waals surface area (Å²) < 4.78 is 10.1. The highest BCUT2D eigenvalue weighted by Crippen LogP contribution is 2.25. The van der Waals surface area contributed by atoms with E-state index in [1.807, 2.05) is 0 Å². The normalized spacial score (nSPS) is 21.0. The summed E-state index contributed by atoms with van der Waals surface area (Å²) in [6.07, 6.45) is 0.449. The second-order valence-corrected chi connectivity index (χ2v) is 4.85. The minimum atomic E-state index is -1.07. The fourth-order valence-corrected chi connectivity index (χ4v) is 2.06. The Morgan fingerprint density at radius 2 is 2.38 bits per heavy atom. The van der Waals surface area contributed by atoms with E-state index >= 15 is 0 Å². The van der Waals surface area contributed by atoms with E-state index in [4.69, 9.17) is 9.47 Å². The lowest BCUT2D eigenvalue weighted by Crippen LogP contribution is -2.43. The van der Waals surface area contributed by atoms with E-state index in [9.17, 15) is 20.0 Å². The molecule has 114 valence electrons. The van der Waals surface area contributed by atoms with Gasteiger partial charge in [-0.05, 0) is 6.07 Å². The van der Waals surface area contributed by atoms with Crippen molar-refractivity contribution in [2.75, 3.05) is 26.9 Å². The van der Waals surface area contributed by atoms with E-state index in [1.165, 1.54) is 25.3 Å². The van der Waals surface area contributed by atoms with E-state index in [-0.39, 0.29) is 30.2 Å². The minimum absolute atomic E-state index is 0.0476. The number of nitro groups is 1. The average molecular weight is 296 g/mol. The molecule has 1 heterocycles. The van der Waals surface area contributed by atoms with Crippen molar-refractivity contribution in [1.29, 1.82) is 0 Å². The Hall–Kier alpha value is -2.19. The van der Waals surface area contributed by atoms with Gasteiger partial charge in [0.1, 0.15) is 11.4 Å². The maximum Gasteiger partial charge on any atom is 0.273 e. The number of carbonyl (C=O) groups is 1. The predicted molar refractivity (Wildman–Crippen MR) is 72.4 cm³/mol. The van der Waals surface area contributed by atoms with Gasteiger partial charge in [-0.15, -0.1) is 0 Å². The number of hydrogen-bond donors (Lipinski definition) is 2. The zero-order chi connectivity index (χ0) is 15.5. The molecule has 0 bridgehead atoms. The Bertz CT molecular complexity index is 554. The zero-order valence-corrected chi connectivity index (χ0v) is 11.5. The van der Waals surface area contributed by atoms with E-state index in [0.29, 0.717) is 13.0 Å². The van der Waals surface area contributed by atoms with Crippen LogP contribution in [-0.2, 0) is 4.74 Å². The molecular weight excluding hydrogens is 280 g/mol. The second kappa shape index (κ2) is 6.06. The summed E-state index contributed by atoms with van der Waals surface area (Å²) in [5.41, 5.74) is -1.05. The zero-order valence-electron chi connectivity index (χ0n) is 11.5. The van der Waals surface area contributed by atoms with E-state index < -0.39 is 16.4 Å². The molecule has 1 atom stereocenters. The first-order valence-corrected chi connectivity index (χ1v) is 6.36. The van der Waals surface area contributed by atoms with E-state index in [0.717, 1.165) is 0 Å². The summed E-state index contributed by atoms with van der Waals surface area (Å²) >= 11 is 0. The van der Waals surface area contributed by atoms with Crippen molar-refractivity contribution < 1.29 is 24.3 Å². The fraction of sp³-hybridized carbons (Fsp3) is 0.462. The molecule has 8 heteroatoms. The van der Waals surface area contributed by atoms with Crippen LogP contribution < -0.4 is 10.1 Å². The number of non-ortho nitro benzene ring substituents is 1. The summed E-state index contributed by atoms with van der Waals surface area (Å²) in [7, 11) is 1.33. The molecule has 21 heavy (non-hydrogen) atoms. The third kappa shape index (κ3) is 3.47. The minimum Gasteiger partial charge on any atom is -0.496 e. The Balaban J connectivity index is 2.09. The highest BCUT2D eigenvalue weighted by molar-refractivity contribution is 5.97. The highest BCUT2D eigenvalue weighted by Gasteiger charge is 2.32. The van der Waals surface area contributed by atoms with Crippen LogP contribution in [0.2, 0.25) is 0 Å². The summed E-state index contributed by atoms with van der Waals surface area (Å²) in [6, 6.07) is 3.73. The van der Waals surface area contributed by atoms with Crippen LogP contribution in [0.1, 0.15) is 16.8 Å². The maximum atomic E-state index is 12.1. The van der Waals surface area contributed by atoms with Crippen LogP contribution in [0.25, 0.3) is 0 Å². The van der Waals surface area contributed by atoms with Gasteiger partial charge in [0.2, 0.25) is 0 Å². The third-order valence-corrected chi connectivity index (χ3v) is 3.30. The number of rotatable bonds is 5. The molecule has 0 spiro atoms. The average Bonchev–Trinajstić information content (AvgIpc) is 2.91. The molecule has 1 fully saturated rings. The number of amides is 1. The van der Waals surface area contributed by atoms with Gasteiger partial charge in [-0.2, -0.15) is 0 Å². The van der Waals surface area contributed by atoms with Gasteiger partial charge in [-0.1, -0.05) is 0 Å². The van der Waals surface area contributed by atoms with Crippen molar-refractivity contribution in [3.8, 4) is 5.75 Å². The van der Waals surface area contributed by atoms with Gasteiger partial charge in [-0.3, -0.25) is 14.9 Å². The van der Waals surface area contributed by atoms with Crippen molar-refractivity contribution >= 4 is 11.6 Å². The van der Waals surface area contributed by atoms with Crippen LogP contribution >= 0.6 is 0 Å². The van der Waals surface area contributed by atoms with Crippen molar-refractivity contribution in [2.24, 2.45) is 0 Å². The van der Waals surface area contributed by atoms with Crippen LogP contribution in [0.3, 0.4) is 0 Å². The van der Waals surface area contributed by atoms with Crippen LogP contribution in [-0.4, -0.2) is 48.4 Å². The van der Waals surface area contributed by atoms with E-state index in [1.54, 1.807) is 0 Å². The van der Waals surface area contributed by atoms with Gasteiger partial charge < -0.3 is 19.9 Å². The number of ether oxygens (including phenoxy) is 2. The second-order valence-electron chi connectivity index (χ2n) is 4.85. The van der Waals surface area contributed by atoms with Crippen molar-refractivity contribution in [3.63, 3.8) is 0 Å². The number of benzene rings is 1. The van der Waals surface area contributed by atoms with Crippen molar-refractivity contribution in [1.82, 2.24) is 5.32 Å². The molecule has 0 saturated carbocycles. The summed E-state index contributed by atoms with van der Waals surface area (Å²) in [5, 5.41) is 23.4. The predicted octanol–water partition coefficient (Wildman–Crippen LogP) is 0.485. The lowest BCUT2D eigenvalue weighted by molar-refractivity contribution is -0.384. The first-order chi connectivity index (χ1) is 9.95. The molecule has 1 aromatic carbocycles. The molecule has 1 aromatic rings. The van der Waals surface area contributed by atoms with Crippen molar-refractivity contribution in [3.05, 3.63) is 33.9 Å². The third-order valence-electron chi connectivity index (χ3n) is 3.30. The SMILES string of the molecule is COc1cc([N+](=O)[O-])ccc1C(=O)NCC1(O)CCOC1. The van der Waals surface area contributed by atoms with Gasteiger partial charge in [0.05, 0.1) is 30.3 Å². The molecule has 0 aliphatic carbocycles. The summed E-state index contributed by atoms with van der Waals surface area (Å²) in [4.78, 5) is 22.2. The van der Waals surface area contributed by atoms with Crippen molar-refractivity contribution in [2.45, 2.75) is 12.0 Å². The van der Waals surface area contributed by atoms with Crippen LogP contribution in [0.5, 0.6) is 5.75 Å². The molecule has 1 aliphatic heterocycles. The van der Waals surface area contributed by atoms with Gasteiger partial charge >= 0.3 is 0 Å². The highest BCUT2D eigenvalue weighted by atomic mass is 16.6. The first kappa shape index (κ1) is 15.2. The number of nitrogens with one attached hydrogen (secondary N) is 1. The lowest BCUT2D eigenvalue weighted by Gasteiger charge is -2.20. The standard InChI is InChI=1S/C13H16N2O6/c1-20-11-6-9(15(18)19)2-3-10(11)12(16)14-7-13(17)4-5-21-8-13/h2-3,6,17H,4-5,7-8H2,1H3,(H,14,16). The number of nitro benzene ring substituents is 1. The lowest BCUT2D eigenvalue weighted by atomic mass is 10.0. The van der Waals surface area contributed by atoms with E-state index in [2.05, 4.69) is 5.32 Å². The van der Waals surface area contributed by atoms with Gasteiger partial charge in [-0.25, -0.2) is 0 Å². The summed E-state index contributed by atoms with van der Waals surface area (Å²) in [6.45, 7) is 0.671. The molecule has 8 nitrogen and oxygen atoms in total. The topological polar surface area (TPSA) is 111 Å². The number of hydrogen-bond acceptors (Lipinski definition) is 6. The molecular formula is C13H16N2O6. The monoisotopic (exact) mass is 296 g/mol. The van der Waals surface area contributed by atoms with Crippen LogP contribution in [0, 0.1) is 10.1 Å². The largest absolute Gasteiger partial charge is 0.496 e. The maximum absolute atomic E-state index is 12.1. The number of aliphatic hydroxyl groups is 1. The molecule has 1 unspecified atom stereocenters. The molecule has 1 saturated heterocycles. The molecule has 0 radical (unpaired) electrons. The Kier molecular flexibility index (Phi) is 4.39. The quantitative estimate of drug-likeness (QED) is 0.604. The molecule has 0 aromatic heterocycles. The van der Waals surface area contributed by atoms with Gasteiger partial charge in [0, 0.05) is 25.6 Å². The smallest absolute Gasteiger partial charge is 0.273 e. The molecule has 1 amide bonds. The molecule has 2 N–H and O–H groups in total. The van der Waals surface area contributed by atoms with Crippen LogP contribution in [0.15, 0.2) is 18.2 Å².